The van der Waals surface area contributed by atoms with Gasteiger partial charge in [0.1, 0.15) is 10.3 Å². The van der Waals surface area contributed by atoms with E-state index in [0.717, 1.165) is 27.1 Å². The first-order valence-electron chi connectivity index (χ1n) is 15.1. The first-order chi connectivity index (χ1) is 22.3. The number of rotatable bonds is 3. The van der Waals surface area contributed by atoms with Crippen LogP contribution in [-0.4, -0.2) is 19.1 Å². The van der Waals surface area contributed by atoms with Gasteiger partial charge in [0.15, 0.2) is 0 Å². The van der Waals surface area contributed by atoms with Crippen molar-refractivity contribution in [3.05, 3.63) is 146 Å². The number of benzene rings is 6. The highest BCUT2D eigenvalue weighted by Crippen LogP contribution is 2.44. The maximum Gasteiger partial charge on any atom is 0.143 e. The first kappa shape index (κ1) is 24.6. The quantitative estimate of drug-likeness (QED) is 0.205. The second-order valence-electron chi connectivity index (χ2n) is 11.4. The van der Waals surface area contributed by atoms with Crippen LogP contribution in [0.3, 0.4) is 0 Å². The van der Waals surface area contributed by atoms with E-state index in [1.54, 1.807) is 23.7 Å². The minimum atomic E-state index is 0.958. The molecule has 0 atom stereocenters. The molecule has 0 aliphatic carbocycles. The summed E-state index contributed by atoms with van der Waals surface area (Å²) in [7, 11) is 0. The van der Waals surface area contributed by atoms with Gasteiger partial charge in [-0.15, -0.1) is 11.3 Å². The van der Waals surface area contributed by atoms with E-state index in [9.17, 15) is 0 Å². The monoisotopic (exact) mass is 592 g/mol. The highest BCUT2D eigenvalue weighted by atomic mass is 32.1. The lowest BCUT2D eigenvalue weighted by Gasteiger charge is -2.15. The lowest BCUT2D eigenvalue weighted by molar-refractivity contribution is 1.17. The molecule has 10 aromatic rings. The van der Waals surface area contributed by atoms with Crippen LogP contribution in [0, 0.1) is 0 Å². The Kier molecular flexibility index (Phi) is 5.12. The zero-order chi connectivity index (χ0) is 29.5. The van der Waals surface area contributed by atoms with Gasteiger partial charge in [-0.3, -0.25) is 4.98 Å². The normalized spacial score (nSPS) is 12.0. The second-order valence-corrected chi connectivity index (χ2v) is 12.4. The third-order valence-corrected chi connectivity index (χ3v) is 10.2. The van der Waals surface area contributed by atoms with E-state index < -0.39 is 0 Å². The van der Waals surface area contributed by atoms with Gasteiger partial charge in [-0.1, -0.05) is 84.9 Å². The molecule has 0 fully saturated rings. The van der Waals surface area contributed by atoms with Crippen LogP contribution in [-0.2, 0) is 0 Å². The van der Waals surface area contributed by atoms with Gasteiger partial charge in [0, 0.05) is 55.3 Å². The van der Waals surface area contributed by atoms with E-state index in [4.69, 9.17) is 4.98 Å². The Labute approximate surface area is 262 Å². The molecule has 6 aromatic carbocycles. The summed E-state index contributed by atoms with van der Waals surface area (Å²) in [5.41, 5.74) is 10.4. The molecule has 0 N–H and O–H groups in total. The highest BCUT2D eigenvalue weighted by Gasteiger charge is 2.21. The number of thiophene rings is 1. The molecule has 10 rings (SSSR count). The zero-order valence-corrected chi connectivity index (χ0v) is 24.9. The summed E-state index contributed by atoms with van der Waals surface area (Å²) in [5, 5.41) is 6.13. The number of para-hydroxylation sites is 3. The molecule has 5 heteroatoms. The van der Waals surface area contributed by atoms with Crippen molar-refractivity contribution in [2.45, 2.75) is 0 Å². The van der Waals surface area contributed by atoms with Gasteiger partial charge < -0.3 is 9.13 Å². The van der Waals surface area contributed by atoms with E-state index in [2.05, 4.69) is 148 Å². The maximum absolute atomic E-state index is 4.71. The van der Waals surface area contributed by atoms with Gasteiger partial charge in [-0.05, 0) is 54.1 Å². The van der Waals surface area contributed by atoms with Gasteiger partial charge in [0.05, 0.1) is 27.8 Å². The fourth-order valence-electron chi connectivity index (χ4n) is 7.18. The third-order valence-electron chi connectivity index (χ3n) is 9.05. The predicted molar refractivity (Wildman–Crippen MR) is 189 cm³/mol. The Morgan fingerprint density at radius 1 is 0.467 bits per heavy atom. The Hall–Kier alpha value is -5.78. The van der Waals surface area contributed by atoms with Crippen molar-refractivity contribution in [3.8, 4) is 22.5 Å². The van der Waals surface area contributed by atoms with Crippen LogP contribution >= 0.6 is 11.3 Å². The molecule has 0 unspecified atom stereocenters. The van der Waals surface area contributed by atoms with Gasteiger partial charge in [0.25, 0.3) is 0 Å². The van der Waals surface area contributed by atoms with Crippen LogP contribution in [0.5, 0.6) is 0 Å². The Balaban J connectivity index is 1.31. The number of hydrogen-bond acceptors (Lipinski definition) is 3. The van der Waals surface area contributed by atoms with Gasteiger partial charge >= 0.3 is 0 Å². The van der Waals surface area contributed by atoms with Crippen molar-refractivity contribution >= 4 is 75.4 Å². The van der Waals surface area contributed by atoms with Crippen LogP contribution in [0.4, 0.5) is 0 Å². The summed E-state index contributed by atoms with van der Waals surface area (Å²) >= 11 is 1.72. The van der Waals surface area contributed by atoms with Gasteiger partial charge in [-0.25, -0.2) is 4.98 Å². The summed E-state index contributed by atoms with van der Waals surface area (Å²) in [4.78, 5) is 10.3. The average molecular weight is 593 g/mol. The molecule has 4 nitrogen and oxygen atoms in total. The Bertz CT molecular complexity index is 2710. The van der Waals surface area contributed by atoms with Crippen LogP contribution in [0.2, 0.25) is 0 Å². The summed E-state index contributed by atoms with van der Waals surface area (Å²) < 4.78 is 6.04. The highest BCUT2D eigenvalue weighted by molar-refractivity contribution is 7.26. The number of nitrogens with zero attached hydrogens (tertiary/aromatic N) is 4. The molecule has 0 radical (unpaired) electrons. The molecule has 210 valence electrons. The zero-order valence-electron chi connectivity index (χ0n) is 24.1. The minimum absolute atomic E-state index is 0.958. The van der Waals surface area contributed by atoms with Crippen molar-refractivity contribution in [1.82, 2.24) is 19.1 Å². The number of hydrogen-bond donors (Lipinski definition) is 0. The lowest BCUT2D eigenvalue weighted by Crippen LogP contribution is -1.98. The van der Waals surface area contributed by atoms with E-state index in [1.165, 1.54) is 59.4 Å². The molecule has 0 aliphatic heterocycles. The van der Waals surface area contributed by atoms with Crippen LogP contribution in [0.15, 0.2) is 146 Å². The van der Waals surface area contributed by atoms with Crippen LogP contribution < -0.4 is 0 Å². The topological polar surface area (TPSA) is 35.6 Å². The second kappa shape index (κ2) is 9.36. The Morgan fingerprint density at radius 2 is 1.07 bits per heavy atom. The summed E-state index contributed by atoms with van der Waals surface area (Å²) in [6, 6.07) is 48.3. The van der Waals surface area contributed by atoms with Crippen molar-refractivity contribution in [2.24, 2.45) is 0 Å². The molecule has 4 aromatic heterocycles. The van der Waals surface area contributed by atoms with Crippen molar-refractivity contribution in [3.63, 3.8) is 0 Å². The molecular weight excluding hydrogens is 569 g/mol. The summed E-state index contributed by atoms with van der Waals surface area (Å²) in [5.74, 6) is 0. The molecule has 45 heavy (non-hydrogen) atoms. The van der Waals surface area contributed by atoms with Crippen molar-refractivity contribution in [1.29, 1.82) is 0 Å². The van der Waals surface area contributed by atoms with Crippen molar-refractivity contribution < 1.29 is 0 Å². The predicted octanol–water partition coefficient (Wildman–Crippen LogP) is 10.7. The first-order valence-corrected chi connectivity index (χ1v) is 15.9. The molecule has 4 heterocycles. The Morgan fingerprint density at radius 3 is 1.80 bits per heavy atom. The molecule has 0 bridgehead atoms. The molecule has 0 saturated carbocycles. The van der Waals surface area contributed by atoms with E-state index >= 15 is 0 Å². The lowest BCUT2D eigenvalue weighted by atomic mass is 10.0. The molecule has 0 spiro atoms. The van der Waals surface area contributed by atoms with E-state index in [-0.39, 0.29) is 0 Å². The molecular formula is C40H24N4S. The van der Waals surface area contributed by atoms with Gasteiger partial charge in [0.2, 0.25) is 0 Å². The molecule has 0 amide bonds. The smallest absolute Gasteiger partial charge is 0.143 e. The van der Waals surface area contributed by atoms with Crippen molar-refractivity contribution in [2.75, 3.05) is 0 Å². The number of fused-ring (bicyclic) bond motifs is 9. The van der Waals surface area contributed by atoms with Crippen LogP contribution in [0.1, 0.15) is 0 Å². The van der Waals surface area contributed by atoms with Gasteiger partial charge in [-0.2, -0.15) is 0 Å². The standard InChI is InChI=1S/C40H24N4S/c1-2-10-25(11-3-1)37-36(21-19-30-38-40(45-39(30)37)42-23-22-41-38)44-34-17-9-6-14-29(34)31-24-26(18-20-35(31)44)43-32-15-7-4-12-27(32)28-13-5-8-16-33(28)43/h1-24H. The molecule has 0 aliphatic rings. The minimum Gasteiger partial charge on any atom is -0.309 e. The number of aromatic nitrogens is 4. The SMILES string of the molecule is c1ccc(-c2c(-n3c4ccccc4c4cc(-n5c6ccccc6c6ccccc65)ccc43)ccc3c2sc2nccnc23)cc1. The average Bonchev–Trinajstić information content (AvgIpc) is 3.76. The largest absolute Gasteiger partial charge is 0.309 e. The summed E-state index contributed by atoms with van der Waals surface area (Å²) in [6.45, 7) is 0. The van der Waals surface area contributed by atoms with E-state index in [0.29, 0.717) is 0 Å². The van der Waals surface area contributed by atoms with Crippen LogP contribution in [0.25, 0.3) is 86.5 Å². The van der Waals surface area contributed by atoms with E-state index in [1.807, 2.05) is 0 Å². The third kappa shape index (κ3) is 3.47. The molecule has 0 saturated heterocycles. The summed E-state index contributed by atoms with van der Waals surface area (Å²) in [6.07, 6.45) is 3.56. The fraction of sp³-hybridized carbons (Fsp3) is 0. The maximum atomic E-state index is 4.71. The fourth-order valence-corrected chi connectivity index (χ4v) is 8.34.